The lowest BCUT2D eigenvalue weighted by atomic mass is 10.2. The van der Waals surface area contributed by atoms with Gasteiger partial charge in [0.2, 0.25) is 0 Å². The summed E-state index contributed by atoms with van der Waals surface area (Å²) in [6.07, 6.45) is 0.453. The molecule has 0 spiro atoms. The van der Waals surface area contributed by atoms with E-state index in [1.807, 2.05) is 6.92 Å². The maximum atomic E-state index is 10.6. The van der Waals surface area contributed by atoms with E-state index in [9.17, 15) is 4.57 Å². The van der Waals surface area contributed by atoms with Gasteiger partial charge in [0, 0.05) is 19.6 Å². The Hall–Kier alpha value is 0.0300. The van der Waals surface area contributed by atoms with Crippen LogP contribution in [0.3, 0.4) is 0 Å². The average Bonchev–Trinajstić information content (AvgIpc) is 2.50. The van der Waals surface area contributed by atoms with E-state index in [2.05, 4.69) is 4.52 Å². The summed E-state index contributed by atoms with van der Waals surface area (Å²) in [4.78, 5) is 17.3. The highest BCUT2D eigenvalue weighted by molar-refractivity contribution is 7.46. The van der Waals surface area contributed by atoms with Gasteiger partial charge in [0.1, 0.15) is 12.2 Å². The molecule has 0 aromatic rings. The van der Waals surface area contributed by atoms with Gasteiger partial charge >= 0.3 is 7.82 Å². The van der Waals surface area contributed by atoms with Crippen LogP contribution in [0.4, 0.5) is 0 Å². The predicted molar refractivity (Wildman–Crippen MR) is 52.4 cm³/mol. The maximum absolute atomic E-state index is 10.6. The molecule has 0 aliphatic carbocycles. The molecule has 0 saturated carbocycles. The van der Waals surface area contributed by atoms with Crippen LogP contribution in [0.25, 0.3) is 0 Å². The summed E-state index contributed by atoms with van der Waals surface area (Å²) in [7, 11) is -4.43. The highest BCUT2D eigenvalue weighted by Crippen LogP contribution is 2.40. The fourth-order valence-electron chi connectivity index (χ4n) is 1.43. The molecule has 2 N–H and O–H groups in total. The molecule has 0 bridgehead atoms. The first-order chi connectivity index (χ1) is 7.03. The van der Waals surface area contributed by atoms with Gasteiger partial charge in [0.15, 0.2) is 0 Å². The quantitative estimate of drug-likeness (QED) is 0.524. The highest BCUT2D eigenvalue weighted by atomic mass is 31.2. The first-order valence-corrected chi connectivity index (χ1v) is 6.49. The molecule has 1 saturated heterocycles. The summed E-state index contributed by atoms with van der Waals surface area (Å²) >= 11 is 0. The number of hydrogen-bond donors (Lipinski definition) is 2. The van der Waals surface area contributed by atoms with Crippen LogP contribution in [0, 0.1) is 0 Å². The first-order valence-electron chi connectivity index (χ1n) is 4.96. The van der Waals surface area contributed by atoms with E-state index in [1.165, 1.54) is 0 Å². The third kappa shape index (κ3) is 5.06. The molecule has 6 nitrogen and oxygen atoms in total. The van der Waals surface area contributed by atoms with E-state index in [1.54, 1.807) is 0 Å². The number of phosphoric ester groups is 1. The van der Waals surface area contributed by atoms with Gasteiger partial charge in [-0.2, -0.15) is 0 Å². The van der Waals surface area contributed by atoms with Crippen molar-refractivity contribution in [3.8, 4) is 0 Å². The van der Waals surface area contributed by atoms with Crippen molar-refractivity contribution in [3.63, 3.8) is 0 Å². The lowest BCUT2D eigenvalue weighted by molar-refractivity contribution is -0.0232. The van der Waals surface area contributed by atoms with Crippen LogP contribution in [0.2, 0.25) is 0 Å². The highest BCUT2D eigenvalue weighted by Gasteiger charge is 2.34. The van der Waals surface area contributed by atoms with E-state index in [0.29, 0.717) is 26.2 Å². The van der Waals surface area contributed by atoms with E-state index < -0.39 is 13.9 Å². The molecule has 0 radical (unpaired) electrons. The summed E-state index contributed by atoms with van der Waals surface area (Å²) in [5.41, 5.74) is 0. The molecule has 1 rings (SSSR count). The third-order valence-corrected chi connectivity index (χ3v) is 2.60. The Balaban J connectivity index is 2.33. The van der Waals surface area contributed by atoms with Crippen LogP contribution in [0.5, 0.6) is 0 Å². The minimum absolute atomic E-state index is 0.318. The number of hydrogen-bond acceptors (Lipinski definition) is 4. The molecule has 0 aromatic carbocycles. The lowest BCUT2D eigenvalue weighted by Gasteiger charge is -2.19. The molecule has 1 aliphatic rings. The van der Waals surface area contributed by atoms with Gasteiger partial charge in [0.25, 0.3) is 0 Å². The van der Waals surface area contributed by atoms with Crippen LogP contribution in [-0.2, 0) is 18.6 Å². The Morgan fingerprint density at radius 3 is 2.87 bits per heavy atom. The van der Waals surface area contributed by atoms with Crippen molar-refractivity contribution >= 4 is 7.82 Å². The molecular formula is C8H17O6P. The van der Waals surface area contributed by atoms with Crippen molar-refractivity contribution < 1.29 is 28.3 Å². The molecule has 0 aromatic heterocycles. The fraction of sp³-hybridized carbons (Fsp3) is 1.00. The molecule has 1 aliphatic heterocycles. The number of phosphoric acid groups is 1. The smallest absolute Gasteiger partial charge is 0.379 e. The Kier molecular flexibility index (Phi) is 5.18. The van der Waals surface area contributed by atoms with Gasteiger partial charge in [-0.25, -0.2) is 4.57 Å². The molecule has 0 unspecified atom stereocenters. The zero-order valence-corrected chi connectivity index (χ0v) is 9.56. The summed E-state index contributed by atoms with van der Waals surface area (Å²) in [6.45, 7) is 3.37. The second-order valence-electron chi connectivity index (χ2n) is 3.41. The number of rotatable bonds is 6. The summed E-state index contributed by atoms with van der Waals surface area (Å²) < 4.78 is 25.8. The van der Waals surface area contributed by atoms with Gasteiger partial charge in [-0.3, -0.25) is 4.52 Å². The topological polar surface area (TPSA) is 85.2 Å². The van der Waals surface area contributed by atoms with Crippen LogP contribution < -0.4 is 0 Å². The van der Waals surface area contributed by atoms with Crippen molar-refractivity contribution in [3.05, 3.63) is 0 Å². The van der Waals surface area contributed by atoms with Crippen molar-refractivity contribution in [2.75, 3.05) is 19.8 Å². The average molecular weight is 240 g/mol. The fourth-order valence-corrected chi connectivity index (χ4v) is 2.02. The zero-order valence-electron chi connectivity index (χ0n) is 8.66. The first kappa shape index (κ1) is 13.1. The monoisotopic (exact) mass is 240 g/mol. The SMILES string of the molecule is CCCOC[C@H]1OCC[C@@H]1OP(=O)(O)O. The summed E-state index contributed by atoms with van der Waals surface area (Å²) in [5.74, 6) is 0. The minimum atomic E-state index is -4.43. The van der Waals surface area contributed by atoms with E-state index >= 15 is 0 Å². The molecule has 90 valence electrons. The predicted octanol–water partition coefficient (Wildman–Crippen LogP) is 0.680. The number of ether oxygens (including phenoxy) is 2. The van der Waals surface area contributed by atoms with Crippen molar-refractivity contribution in [2.45, 2.75) is 32.0 Å². The molecule has 1 fully saturated rings. The van der Waals surface area contributed by atoms with Crippen LogP contribution in [0.15, 0.2) is 0 Å². The zero-order chi connectivity index (χ0) is 11.3. The third-order valence-electron chi connectivity index (χ3n) is 2.05. The molecule has 15 heavy (non-hydrogen) atoms. The molecule has 0 amide bonds. The summed E-state index contributed by atoms with van der Waals surface area (Å²) in [5, 5.41) is 0. The van der Waals surface area contributed by atoms with Gasteiger partial charge in [0.05, 0.1) is 6.61 Å². The van der Waals surface area contributed by atoms with Gasteiger partial charge in [-0.05, 0) is 6.42 Å². The second-order valence-corrected chi connectivity index (χ2v) is 4.60. The largest absolute Gasteiger partial charge is 0.469 e. The van der Waals surface area contributed by atoms with Gasteiger partial charge in [-0.1, -0.05) is 6.92 Å². The molecular weight excluding hydrogens is 223 g/mol. The minimum Gasteiger partial charge on any atom is -0.379 e. The Morgan fingerprint density at radius 2 is 2.27 bits per heavy atom. The molecule has 1 heterocycles. The van der Waals surface area contributed by atoms with Crippen LogP contribution >= 0.6 is 7.82 Å². The molecule has 2 atom stereocenters. The van der Waals surface area contributed by atoms with Crippen molar-refractivity contribution in [1.29, 1.82) is 0 Å². The van der Waals surface area contributed by atoms with Gasteiger partial charge in [-0.15, -0.1) is 0 Å². The van der Waals surface area contributed by atoms with E-state index in [4.69, 9.17) is 19.3 Å². The van der Waals surface area contributed by atoms with E-state index in [0.717, 1.165) is 6.42 Å². The second kappa shape index (κ2) is 5.94. The van der Waals surface area contributed by atoms with Crippen molar-refractivity contribution in [2.24, 2.45) is 0 Å². The maximum Gasteiger partial charge on any atom is 0.469 e. The standard InChI is InChI=1S/C8H17O6P/c1-2-4-12-6-8-7(3-5-13-8)14-15(9,10)11/h7-8H,2-6H2,1H3,(H2,9,10,11)/t7-,8+/m0/s1. The summed E-state index contributed by atoms with van der Waals surface area (Å²) in [6, 6.07) is 0. The Bertz CT molecular complexity index is 227. The Labute approximate surface area is 88.8 Å². The molecule has 7 heteroatoms. The normalized spacial score (nSPS) is 27.1. The van der Waals surface area contributed by atoms with Crippen LogP contribution in [-0.4, -0.2) is 41.8 Å². The van der Waals surface area contributed by atoms with Crippen molar-refractivity contribution in [1.82, 2.24) is 0 Å². The van der Waals surface area contributed by atoms with Crippen LogP contribution in [0.1, 0.15) is 19.8 Å². The lowest BCUT2D eigenvalue weighted by Crippen LogP contribution is -2.28. The van der Waals surface area contributed by atoms with E-state index in [-0.39, 0.29) is 6.10 Å². The van der Waals surface area contributed by atoms with Gasteiger partial charge < -0.3 is 19.3 Å². The Morgan fingerprint density at radius 1 is 1.53 bits per heavy atom.